The standard InChI is InChI=1S/C35H43ClN3O8P/c1-21(2)39-27-17-31(30(45-3)16-25(27)34(41)37-14-9-12-26(37)35(39)42)46-15-8-4-5-13-32(40)38-20-22(19-36)33-24-11-7-6-10-23(24)29(18-28(33)38)47-48(43)44/h6-7,10-11,16-18,21-22,26,35,42-44H,4-5,8-9,12-15,19-20H2,1-3H3/t22-,26+,35?/m1/s1. The van der Waals surface area contributed by atoms with Gasteiger partial charge in [0.05, 0.1) is 36.7 Å². The first-order valence-electron chi connectivity index (χ1n) is 16.5. The number of methoxy groups -OCH3 is 1. The molecule has 0 saturated carbocycles. The van der Waals surface area contributed by atoms with Crippen molar-refractivity contribution < 1.29 is 38.5 Å². The number of hydrogen-bond acceptors (Lipinski definition) is 9. The number of fused-ring (bicyclic) bond motifs is 5. The predicted octanol–water partition coefficient (Wildman–Crippen LogP) is 5.90. The number of carbonyl (C=O) groups is 2. The molecule has 0 aliphatic carbocycles. The molecular formula is C35H43ClN3O8P. The molecule has 1 fully saturated rings. The number of benzene rings is 3. The Morgan fingerprint density at radius 1 is 1.04 bits per heavy atom. The van der Waals surface area contributed by atoms with Crippen LogP contribution in [0.1, 0.15) is 74.2 Å². The molecule has 3 aliphatic heterocycles. The highest BCUT2D eigenvalue weighted by molar-refractivity contribution is 7.39. The summed E-state index contributed by atoms with van der Waals surface area (Å²) < 4.78 is 17.2. The van der Waals surface area contributed by atoms with E-state index in [4.69, 9.17) is 25.6 Å². The molecule has 3 N–H and O–H groups in total. The van der Waals surface area contributed by atoms with Crippen molar-refractivity contribution in [3.05, 3.63) is 53.6 Å². The Labute approximate surface area is 286 Å². The van der Waals surface area contributed by atoms with Crippen LogP contribution in [0.5, 0.6) is 17.2 Å². The highest BCUT2D eigenvalue weighted by atomic mass is 35.5. The molecule has 0 aromatic heterocycles. The van der Waals surface area contributed by atoms with Gasteiger partial charge in [-0.15, -0.1) is 11.6 Å². The van der Waals surface area contributed by atoms with Gasteiger partial charge in [0.2, 0.25) is 5.91 Å². The number of hydrogen-bond donors (Lipinski definition) is 3. The summed E-state index contributed by atoms with van der Waals surface area (Å²) in [6.07, 6.45) is 3.21. The smallest absolute Gasteiger partial charge is 0.391 e. The van der Waals surface area contributed by atoms with Gasteiger partial charge in [-0.1, -0.05) is 24.3 Å². The van der Waals surface area contributed by atoms with E-state index in [0.29, 0.717) is 79.0 Å². The normalized spacial score (nSPS) is 20.3. The van der Waals surface area contributed by atoms with Crippen LogP contribution in [0.15, 0.2) is 42.5 Å². The number of carbonyl (C=O) groups excluding carboxylic acids is 2. The summed E-state index contributed by atoms with van der Waals surface area (Å²) in [4.78, 5) is 51.6. The molecule has 3 aromatic carbocycles. The highest BCUT2D eigenvalue weighted by Gasteiger charge is 2.43. The van der Waals surface area contributed by atoms with Crippen LogP contribution in [0.25, 0.3) is 10.8 Å². The van der Waals surface area contributed by atoms with Gasteiger partial charge < -0.3 is 43.6 Å². The second kappa shape index (κ2) is 14.6. The summed E-state index contributed by atoms with van der Waals surface area (Å²) in [6, 6.07) is 12.5. The molecule has 1 unspecified atom stereocenters. The molecule has 258 valence electrons. The van der Waals surface area contributed by atoms with Gasteiger partial charge in [-0.2, -0.15) is 0 Å². The number of rotatable bonds is 12. The lowest BCUT2D eigenvalue weighted by molar-refractivity contribution is -0.118. The van der Waals surface area contributed by atoms with Gasteiger partial charge in [-0.25, -0.2) is 0 Å². The van der Waals surface area contributed by atoms with Crippen molar-refractivity contribution in [3.8, 4) is 17.2 Å². The van der Waals surface area contributed by atoms with Crippen molar-refractivity contribution >= 4 is 54.2 Å². The minimum absolute atomic E-state index is 0.0359. The van der Waals surface area contributed by atoms with E-state index in [9.17, 15) is 24.5 Å². The number of aliphatic hydroxyl groups excluding tert-OH is 1. The van der Waals surface area contributed by atoms with Gasteiger partial charge in [0.25, 0.3) is 5.91 Å². The number of nitrogens with zero attached hydrogens (tertiary/aromatic N) is 3. The minimum Gasteiger partial charge on any atom is -0.493 e. The maximum atomic E-state index is 13.5. The summed E-state index contributed by atoms with van der Waals surface area (Å²) in [5.41, 5.74) is 2.79. The van der Waals surface area contributed by atoms with Gasteiger partial charge in [0, 0.05) is 54.9 Å². The lowest BCUT2D eigenvalue weighted by atomic mass is 9.95. The SMILES string of the molecule is COc1cc2c(cc1OCCCCCC(=O)N1C[C@@H](CCl)c3c1cc(OP(O)O)c1ccccc31)N(C(C)C)C(O)[C@@H]1CCCN1C2=O. The summed E-state index contributed by atoms with van der Waals surface area (Å²) in [5.74, 6) is 1.42. The molecular weight excluding hydrogens is 657 g/mol. The fraction of sp³-hybridized carbons (Fsp3) is 0.486. The van der Waals surface area contributed by atoms with Crippen molar-refractivity contribution in [1.82, 2.24) is 4.90 Å². The number of unbranched alkanes of at least 4 members (excludes halogenated alkanes) is 2. The van der Waals surface area contributed by atoms with Gasteiger partial charge in [0.1, 0.15) is 12.0 Å². The van der Waals surface area contributed by atoms with Crippen molar-refractivity contribution in [2.45, 2.75) is 76.6 Å². The highest BCUT2D eigenvalue weighted by Crippen LogP contribution is 2.48. The zero-order valence-corrected chi connectivity index (χ0v) is 29.1. The van der Waals surface area contributed by atoms with Gasteiger partial charge in [-0.3, -0.25) is 9.59 Å². The molecule has 0 bridgehead atoms. The third-order valence-corrected chi connectivity index (χ3v) is 10.4. The summed E-state index contributed by atoms with van der Waals surface area (Å²) in [5, 5.41) is 13.0. The quantitative estimate of drug-likeness (QED) is 0.120. The van der Waals surface area contributed by atoms with Crippen LogP contribution in [-0.4, -0.2) is 82.6 Å². The Hall–Kier alpha value is -3.34. The van der Waals surface area contributed by atoms with Crippen LogP contribution in [0.2, 0.25) is 0 Å². The third kappa shape index (κ3) is 6.51. The first-order valence-corrected chi connectivity index (χ1v) is 18.2. The molecule has 3 heterocycles. The predicted molar refractivity (Wildman–Crippen MR) is 186 cm³/mol. The van der Waals surface area contributed by atoms with Crippen LogP contribution >= 0.6 is 20.2 Å². The molecule has 3 aliphatic rings. The van der Waals surface area contributed by atoms with Crippen LogP contribution < -0.4 is 23.8 Å². The largest absolute Gasteiger partial charge is 0.493 e. The number of ether oxygens (including phenoxy) is 2. The zero-order valence-electron chi connectivity index (χ0n) is 27.5. The topological polar surface area (TPSA) is 132 Å². The zero-order chi connectivity index (χ0) is 34.1. The van der Waals surface area contributed by atoms with E-state index in [2.05, 4.69) is 0 Å². The number of alkyl halides is 1. The molecule has 11 nitrogen and oxygen atoms in total. The summed E-state index contributed by atoms with van der Waals surface area (Å²) >= 11 is 6.37. The van der Waals surface area contributed by atoms with Crippen molar-refractivity contribution in [2.75, 3.05) is 42.5 Å². The van der Waals surface area contributed by atoms with Crippen molar-refractivity contribution in [1.29, 1.82) is 0 Å². The van der Waals surface area contributed by atoms with Crippen molar-refractivity contribution in [2.24, 2.45) is 0 Å². The summed E-state index contributed by atoms with van der Waals surface area (Å²) in [6.45, 7) is 5.45. The van der Waals surface area contributed by atoms with Crippen LogP contribution in [0.4, 0.5) is 11.4 Å². The number of anilines is 2. The lowest BCUT2D eigenvalue weighted by Gasteiger charge is -2.36. The Kier molecular flexibility index (Phi) is 10.5. The number of halogens is 1. The molecule has 13 heteroatoms. The van der Waals surface area contributed by atoms with Crippen molar-refractivity contribution in [3.63, 3.8) is 0 Å². The molecule has 3 atom stereocenters. The average molecular weight is 700 g/mol. The van der Waals surface area contributed by atoms with E-state index < -0.39 is 14.8 Å². The van der Waals surface area contributed by atoms with Crippen LogP contribution in [0, 0.1) is 0 Å². The average Bonchev–Trinajstić information content (AvgIpc) is 3.69. The Morgan fingerprint density at radius 2 is 1.79 bits per heavy atom. The second-order valence-corrected chi connectivity index (χ2v) is 13.9. The van der Waals surface area contributed by atoms with Gasteiger partial charge >= 0.3 is 8.60 Å². The summed E-state index contributed by atoms with van der Waals surface area (Å²) in [7, 11) is -1.08. The molecule has 3 aromatic rings. The monoisotopic (exact) mass is 699 g/mol. The fourth-order valence-corrected chi connectivity index (χ4v) is 8.02. The van der Waals surface area contributed by atoms with E-state index in [0.717, 1.165) is 35.6 Å². The van der Waals surface area contributed by atoms with Crippen LogP contribution in [0.3, 0.4) is 0 Å². The van der Waals surface area contributed by atoms with E-state index in [1.807, 2.05) is 43.0 Å². The first-order chi connectivity index (χ1) is 23.1. The van der Waals surface area contributed by atoms with Gasteiger partial charge in [-0.05, 0) is 63.0 Å². The molecule has 0 spiro atoms. The Bertz CT molecular complexity index is 1670. The first kappa shape index (κ1) is 34.5. The molecule has 1 saturated heterocycles. The number of aliphatic hydroxyl groups is 1. The third-order valence-electron chi connectivity index (χ3n) is 9.62. The maximum absolute atomic E-state index is 13.5. The fourth-order valence-electron chi connectivity index (χ4n) is 7.44. The van der Waals surface area contributed by atoms with Gasteiger partial charge in [0.15, 0.2) is 11.5 Å². The lowest BCUT2D eigenvalue weighted by Crippen LogP contribution is -2.50. The molecule has 0 radical (unpaired) electrons. The Morgan fingerprint density at radius 3 is 2.50 bits per heavy atom. The minimum atomic E-state index is -2.63. The maximum Gasteiger partial charge on any atom is 0.391 e. The van der Waals surface area contributed by atoms with E-state index >= 15 is 0 Å². The second-order valence-electron chi connectivity index (χ2n) is 12.9. The Balaban J connectivity index is 1.10. The van der Waals surface area contributed by atoms with Crippen LogP contribution in [-0.2, 0) is 4.79 Å². The van der Waals surface area contributed by atoms with E-state index in [1.54, 1.807) is 35.1 Å². The van der Waals surface area contributed by atoms with E-state index in [1.165, 1.54) is 0 Å². The van der Waals surface area contributed by atoms with E-state index in [-0.39, 0.29) is 29.8 Å². The molecule has 6 rings (SSSR count). The molecule has 48 heavy (non-hydrogen) atoms. The molecule has 2 amide bonds. The number of amides is 2.